The van der Waals surface area contributed by atoms with Crippen molar-refractivity contribution >= 4 is 19.1 Å². The van der Waals surface area contributed by atoms with Crippen LogP contribution in [0.25, 0.3) is 0 Å². The van der Waals surface area contributed by atoms with Gasteiger partial charge in [-0.25, -0.2) is 0 Å². The van der Waals surface area contributed by atoms with Gasteiger partial charge in [-0.3, -0.25) is 0 Å². The van der Waals surface area contributed by atoms with Crippen molar-refractivity contribution in [2.24, 2.45) is 0 Å². The molecular weight excluding hydrogens is 293 g/mol. The quantitative estimate of drug-likeness (QED) is 0.603. The van der Waals surface area contributed by atoms with Crippen molar-refractivity contribution in [2.45, 2.75) is 25.7 Å². The van der Waals surface area contributed by atoms with Crippen molar-refractivity contribution in [3.63, 3.8) is 0 Å². The molecule has 0 aromatic rings. The Kier molecular flexibility index (Phi) is 18.5. The predicted molar refractivity (Wildman–Crippen MR) is 34.5 cm³/mol. The fraction of sp³-hybridized carbons (Fsp3) is 0.800. The summed E-state index contributed by atoms with van der Waals surface area (Å²) in [4.78, 5) is 0. The number of hydrogen-bond acceptors (Lipinski definition) is 0. The van der Waals surface area contributed by atoms with Crippen LogP contribution in [0.1, 0.15) is 25.7 Å². The number of halogens is 2. The van der Waals surface area contributed by atoms with Gasteiger partial charge in [0, 0.05) is 17.1 Å². The Bertz CT molecular complexity index is 34.3. The van der Waals surface area contributed by atoms with Crippen molar-refractivity contribution in [1.82, 2.24) is 0 Å². The first-order valence-electron chi connectivity index (χ1n) is 2.56. The molecule has 1 saturated carbocycles. The van der Waals surface area contributed by atoms with Crippen LogP contribution in [0.15, 0.2) is 0 Å². The maximum atomic E-state index is 4.81. The number of rotatable bonds is 0. The molecule has 0 bridgehead atoms. The zero-order chi connectivity index (χ0) is 6.24. The Morgan fingerprint density at radius 2 is 1.44 bits per heavy atom. The minimum atomic E-state index is -0.106. The third-order valence-corrected chi connectivity index (χ3v) is 1.07. The van der Waals surface area contributed by atoms with Crippen LogP contribution in [0.3, 0.4) is 0 Å². The Morgan fingerprint density at radius 1 is 1.11 bits per heavy atom. The summed E-state index contributed by atoms with van der Waals surface area (Å²) < 4.78 is 0. The SMILES string of the molecule is [CH]1CCCC1.[Cl][Pd][Cl].[Fe]. The second-order valence-electron chi connectivity index (χ2n) is 1.62. The van der Waals surface area contributed by atoms with E-state index in [1.165, 1.54) is 25.7 Å². The molecule has 0 aromatic carbocycles. The maximum Gasteiger partial charge on any atom is 0 e. The van der Waals surface area contributed by atoms with E-state index < -0.39 is 0 Å². The van der Waals surface area contributed by atoms with Crippen molar-refractivity contribution < 1.29 is 33.0 Å². The van der Waals surface area contributed by atoms with E-state index in [0.717, 1.165) is 0 Å². The van der Waals surface area contributed by atoms with E-state index in [1.807, 2.05) is 0 Å². The maximum absolute atomic E-state index is 4.81. The van der Waals surface area contributed by atoms with E-state index in [0.29, 0.717) is 0 Å². The predicted octanol–water partition coefficient (Wildman–Crippen LogP) is 3.14. The van der Waals surface area contributed by atoms with Gasteiger partial charge in [0.15, 0.2) is 0 Å². The minimum absolute atomic E-state index is 0. The Balaban J connectivity index is 0. The van der Waals surface area contributed by atoms with Crippen molar-refractivity contribution in [2.75, 3.05) is 0 Å². The third kappa shape index (κ3) is 12.9. The molecule has 1 aliphatic carbocycles. The second-order valence-corrected chi connectivity index (χ2v) is 3.98. The summed E-state index contributed by atoms with van der Waals surface area (Å²) in [7, 11) is 9.63. The third-order valence-electron chi connectivity index (χ3n) is 1.07. The van der Waals surface area contributed by atoms with E-state index in [9.17, 15) is 0 Å². The van der Waals surface area contributed by atoms with Crippen molar-refractivity contribution in [3.05, 3.63) is 6.42 Å². The zero-order valence-electron chi connectivity index (χ0n) is 4.83. The van der Waals surface area contributed by atoms with Crippen LogP contribution in [0.4, 0.5) is 0 Å². The molecule has 9 heavy (non-hydrogen) atoms. The fourth-order valence-corrected chi connectivity index (χ4v) is 0.722. The average molecular weight is 302 g/mol. The molecule has 0 spiro atoms. The van der Waals surface area contributed by atoms with Crippen LogP contribution < -0.4 is 0 Å². The molecule has 1 rings (SSSR count). The largest absolute Gasteiger partial charge is 0 e. The first-order valence-corrected chi connectivity index (χ1v) is 6.56. The minimum Gasteiger partial charge on any atom is 0 e. The second kappa shape index (κ2) is 12.4. The monoisotopic (exact) mass is 301 g/mol. The van der Waals surface area contributed by atoms with Crippen LogP contribution in [0.5, 0.6) is 0 Å². The molecule has 0 amide bonds. The van der Waals surface area contributed by atoms with E-state index in [1.54, 1.807) is 0 Å². The molecule has 61 valence electrons. The molecule has 0 aliphatic heterocycles. The van der Waals surface area contributed by atoms with Gasteiger partial charge >= 0.3 is 35.0 Å². The smallest absolute Gasteiger partial charge is 0 e. The molecular formula is C5H9Cl2FePd. The topological polar surface area (TPSA) is 0 Å². The van der Waals surface area contributed by atoms with Gasteiger partial charge in [0.05, 0.1) is 0 Å². The first kappa shape index (κ1) is 13.4. The molecule has 0 nitrogen and oxygen atoms in total. The summed E-state index contributed by atoms with van der Waals surface area (Å²) in [6, 6.07) is 0. The van der Waals surface area contributed by atoms with Gasteiger partial charge in [0.25, 0.3) is 0 Å². The van der Waals surface area contributed by atoms with Crippen LogP contribution in [-0.2, 0) is 33.0 Å². The molecule has 0 aromatic heterocycles. The van der Waals surface area contributed by atoms with E-state index in [4.69, 9.17) is 19.1 Å². The van der Waals surface area contributed by atoms with Gasteiger partial charge in [0.1, 0.15) is 0 Å². The van der Waals surface area contributed by atoms with Crippen LogP contribution in [-0.4, -0.2) is 0 Å². The van der Waals surface area contributed by atoms with Crippen molar-refractivity contribution in [3.8, 4) is 0 Å². The molecule has 0 saturated heterocycles. The van der Waals surface area contributed by atoms with Gasteiger partial charge < -0.3 is 0 Å². The number of hydrogen-bond donors (Lipinski definition) is 0. The van der Waals surface area contributed by atoms with E-state index in [2.05, 4.69) is 6.42 Å². The first-order chi connectivity index (χ1) is 3.91. The molecule has 0 N–H and O–H groups in total. The zero-order valence-corrected chi connectivity index (χ0v) is 9.00. The van der Waals surface area contributed by atoms with Crippen LogP contribution in [0.2, 0.25) is 0 Å². The summed E-state index contributed by atoms with van der Waals surface area (Å²) in [6.07, 6.45) is 8.00. The summed E-state index contributed by atoms with van der Waals surface area (Å²) in [5.74, 6) is 0. The average Bonchev–Trinajstić information content (AvgIpc) is 2.17. The standard InChI is InChI=1S/C5H9.2ClH.Fe.Pd/c1-2-4-5-3-1;;;;/h1H,2-5H2;2*1H;;/q;;;;+2/p-2. The molecule has 1 fully saturated rings. The van der Waals surface area contributed by atoms with E-state index >= 15 is 0 Å². The van der Waals surface area contributed by atoms with Gasteiger partial charge in [-0.15, -0.1) is 0 Å². The van der Waals surface area contributed by atoms with Crippen molar-refractivity contribution in [1.29, 1.82) is 0 Å². The van der Waals surface area contributed by atoms with Crippen LogP contribution >= 0.6 is 19.1 Å². The Morgan fingerprint density at radius 3 is 1.56 bits per heavy atom. The molecule has 0 unspecified atom stereocenters. The summed E-state index contributed by atoms with van der Waals surface area (Å²) in [6.45, 7) is 0. The van der Waals surface area contributed by atoms with Gasteiger partial charge in [-0.1, -0.05) is 25.7 Å². The van der Waals surface area contributed by atoms with Gasteiger partial charge in [0.2, 0.25) is 0 Å². The molecule has 0 atom stereocenters. The van der Waals surface area contributed by atoms with Gasteiger partial charge in [-0.2, -0.15) is 0 Å². The summed E-state index contributed by atoms with van der Waals surface area (Å²) in [5, 5.41) is 0. The molecule has 1 aliphatic rings. The summed E-state index contributed by atoms with van der Waals surface area (Å²) >= 11 is -0.106. The van der Waals surface area contributed by atoms with Crippen LogP contribution in [0, 0.1) is 6.42 Å². The Hall–Kier alpha value is 1.76. The summed E-state index contributed by atoms with van der Waals surface area (Å²) in [5.41, 5.74) is 0. The normalized spacial score (nSPS) is 15.8. The van der Waals surface area contributed by atoms with Gasteiger partial charge in [-0.05, 0) is 6.42 Å². The molecule has 0 heterocycles. The molecule has 1 radical (unpaired) electrons. The Labute approximate surface area is 83.6 Å². The van der Waals surface area contributed by atoms with E-state index in [-0.39, 0.29) is 33.0 Å². The fourth-order valence-electron chi connectivity index (χ4n) is 0.722. The molecule has 4 heteroatoms.